The highest BCUT2D eigenvalue weighted by atomic mass is 35.5. The van der Waals surface area contributed by atoms with E-state index in [9.17, 15) is 5.11 Å². The molecule has 0 amide bonds. The van der Waals surface area contributed by atoms with Crippen LogP contribution in [-0.4, -0.2) is 25.7 Å². The topological polar surface area (TPSA) is 50.9 Å². The molecule has 102 valence electrons. The number of aliphatic hydroxyl groups excluding tert-OH is 1. The van der Waals surface area contributed by atoms with E-state index < -0.39 is 6.10 Å². The summed E-state index contributed by atoms with van der Waals surface area (Å²) in [6, 6.07) is 11.3. The van der Waals surface area contributed by atoms with Gasteiger partial charge in [-0.15, -0.1) is 0 Å². The van der Waals surface area contributed by atoms with Gasteiger partial charge in [-0.2, -0.15) is 0 Å². The van der Waals surface area contributed by atoms with Crippen molar-refractivity contribution < 1.29 is 5.11 Å². The van der Waals surface area contributed by atoms with Crippen molar-refractivity contribution in [3.05, 3.63) is 47.6 Å². The standard InChI is InChI=1S/C15H14ClN3O/c1-10(20)9-19-14(11-4-6-12(16)7-5-11)18-13-3-2-8-17-15(13)19/h2-8,10,20H,9H2,1H3. The van der Waals surface area contributed by atoms with Gasteiger partial charge in [-0.1, -0.05) is 11.6 Å². The Morgan fingerprint density at radius 1 is 1.25 bits per heavy atom. The maximum Gasteiger partial charge on any atom is 0.160 e. The van der Waals surface area contributed by atoms with Crippen molar-refractivity contribution in [1.29, 1.82) is 0 Å². The van der Waals surface area contributed by atoms with E-state index in [1.54, 1.807) is 13.1 Å². The maximum absolute atomic E-state index is 9.70. The Morgan fingerprint density at radius 2 is 2.00 bits per heavy atom. The molecule has 2 aromatic heterocycles. The van der Waals surface area contributed by atoms with E-state index in [-0.39, 0.29) is 0 Å². The van der Waals surface area contributed by atoms with E-state index in [0.717, 1.165) is 22.6 Å². The molecule has 3 aromatic rings. The van der Waals surface area contributed by atoms with Crippen LogP contribution in [0.15, 0.2) is 42.6 Å². The molecule has 0 spiro atoms. The lowest BCUT2D eigenvalue weighted by atomic mass is 10.2. The number of imidazole rings is 1. The molecule has 4 nitrogen and oxygen atoms in total. The first-order chi connectivity index (χ1) is 9.65. The number of hydrogen-bond acceptors (Lipinski definition) is 3. The molecule has 0 aliphatic rings. The van der Waals surface area contributed by atoms with Crippen LogP contribution in [0.4, 0.5) is 0 Å². The number of aliphatic hydroxyl groups is 1. The van der Waals surface area contributed by atoms with Crippen molar-refractivity contribution in [1.82, 2.24) is 14.5 Å². The Kier molecular flexibility index (Phi) is 3.42. The van der Waals surface area contributed by atoms with Crippen molar-refractivity contribution in [3.63, 3.8) is 0 Å². The van der Waals surface area contributed by atoms with Gasteiger partial charge in [0.2, 0.25) is 0 Å². The van der Waals surface area contributed by atoms with Crippen LogP contribution in [0.5, 0.6) is 0 Å². The molecule has 3 rings (SSSR count). The Morgan fingerprint density at radius 3 is 2.70 bits per heavy atom. The fourth-order valence-corrected chi connectivity index (χ4v) is 2.34. The van der Waals surface area contributed by atoms with Gasteiger partial charge in [-0.25, -0.2) is 9.97 Å². The normalized spacial score (nSPS) is 12.8. The first-order valence-corrected chi connectivity index (χ1v) is 6.78. The molecule has 0 aliphatic carbocycles. The Labute approximate surface area is 121 Å². The van der Waals surface area contributed by atoms with Crippen LogP contribution in [0.25, 0.3) is 22.6 Å². The van der Waals surface area contributed by atoms with E-state index in [1.165, 1.54) is 0 Å². The van der Waals surface area contributed by atoms with Gasteiger partial charge in [0.1, 0.15) is 11.3 Å². The molecule has 1 N–H and O–H groups in total. The summed E-state index contributed by atoms with van der Waals surface area (Å²) in [5.41, 5.74) is 2.55. The Hall–Kier alpha value is -1.91. The highest BCUT2D eigenvalue weighted by Gasteiger charge is 2.14. The largest absolute Gasteiger partial charge is 0.392 e. The van der Waals surface area contributed by atoms with Crippen molar-refractivity contribution in [2.75, 3.05) is 0 Å². The molecule has 20 heavy (non-hydrogen) atoms. The molecule has 5 heteroatoms. The second-order valence-corrected chi connectivity index (χ2v) is 5.18. The average molecular weight is 288 g/mol. The highest BCUT2D eigenvalue weighted by Crippen LogP contribution is 2.25. The molecule has 0 saturated heterocycles. The second-order valence-electron chi connectivity index (χ2n) is 4.75. The number of fused-ring (bicyclic) bond motifs is 1. The summed E-state index contributed by atoms with van der Waals surface area (Å²) in [5.74, 6) is 0.788. The number of halogens is 1. The lowest BCUT2D eigenvalue weighted by Crippen LogP contribution is -2.13. The SMILES string of the molecule is CC(O)Cn1c(-c2ccc(Cl)cc2)nc2cccnc21. The Balaban J connectivity index is 2.20. The number of hydrogen-bond donors (Lipinski definition) is 1. The van der Waals surface area contributed by atoms with Gasteiger partial charge in [0.15, 0.2) is 5.65 Å². The smallest absolute Gasteiger partial charge is 0.160 e. The van der Waals surface area contributed by atoms with E-state index in [4.69, 9.17) is 11.6 Å². The lowest BCUT2D eigenvalue weighted by Gasteiger charge is -2.10. The van der Waals surface area contributed by atoms with E-state index in [2.05, 4.69) is 9.97 Å². The molecule has 0 fully saturated rings. The minimum Gasteiger partial charge on any atom is -0.392 e. The third-order valence-electron chi connectivity index (χ3n) is 3.05. The van der Waals surface area contributed by atoms with Crippen LogP contribution in [0, 0.1) is 0 Å². The first kappa shape index (κ1) is 13.1. The summed E-state index contributed by atoms with van der Waals surface area (Å²) in [5, 5.41) is 10.4. The van der Waals surface area contributed by atoms with Gasteiger partial charge >= 0.3 is 0 Å². The van der Waals surface area contributed by atoms with Crippen LogP contribution in [0.2, 0.25) is 5.02 Å². The van der Waals surface area contributed by atoms with Gasteiger partial charge in [-0.3, -0.25) is 0 Å². The summed E-state index contributed by atoms with van der Waals surface area (Å²) in [6.07, 6.45) is 1.26. The molecule has 2 heterocycles. The van der Waals surface area contributed by atoms with Crippen molar-refractivity contribution in [2.45, 2.75) is 19.6 Å². The van der Waals surface area contributed by atoms with E-state index in [1.807, 2.05) is 41.0 Å². The number of rotatable bonds is 3. The van der Waals surface area contributed by atoms with Crippen LogP contribution in [-0.2, 0) is 6.54 Å². The minimum atomic E-state index is -0.472. The van der Waals surface area contributed by atoms with Crippen molar-refractivity contribution >= 4 is 22.8 Å². The fraction of sp³-hybridized carbons (Fsp3) is 0.200. The highest BCUT2D eigenvalue weighted by molar-refractivity contribution is 6.30. The van der Waals surface area contributed by atoms with Crippen LogP contribution in [0.3, 0.4) is 0 Å². The molecule has 1 unspecified atom stereocenters. The van der Waals surface area contributed by atoms with Crippen molar-refractivity contribution in [2.24, 2.45) is 0 Å². The van der Waals surface area contributed by atoms with Crippen LogP contribution in [0.1, 0.15) is 6.92 Å². The predicted molar refractivity (Wildman–Crippen MR) is 79.7 cm³/mol. The number of nitrogens with zero attached hydrogens (tertiary/aromatic N) is 3. The molecule has 0 aliphatic heterocycles. The molecule has 1 atom stereocenters. The molecule has 1 aromatic carbocycles. The summed E-state index contributed by atoms with van der Waals surface area (Å²) in [7, 11) is 0. The molecule has 0 bridgehead atoms. The molecule has 0 saturated carbocycles. The maximum atomic E-state index is 9.70. The quantitative estimate of drug-likeness (QED) is 0.805. The number of benzene rings is 1. The summed E-state index contributed by atoms with van der Waals surface area (Å²) >= 11 is 5.92. The number of pyridine rings is 1. The zero-order valence-corrected chi connectivity index (χ0v) is 11.7. The lowest BCUT2D eigenvalue weighted by molar-refractivity contribution is 0.175. The molecular weight excluding hydrogens is 274 g/mol. The monoisotopic (exact) mass is 287 g/mol. The van der Waals surface area contributed by atoms with Crippen LogP contribution >= 0.6 is 11.6 Å². The van der Waals surface area contributed by atoms with E-state index in [0.29, 0.717) is 11.6 Å². The third kappa shape index (κ3) is 2.40. The predicted octanol–water partition coefficient (Wildman–Crippen LogP) is 3.13. The van der Waals surface area contributed by atoms with Gasteiger partial charge < -0.3 is 9.67 Å². The van der Waals surface area contributed by atoms with Crippen molar-refractivity contribution in [3.8, 4) is 11.4 Å². The van der Waals surface area contributed by atoms with Gasteiger partial charge in [0, 0.05) is 16.8 Å². The van der Waals surface area contributed by atoms with E-state index >= 15 is 0 Å². The summed E-state index contributed by atoms with van der Waals surface area (Å²) in [6.45, 7) is 2.20. The second kappa shape index (κ2) is 5.23. The number of aromatic nitrogens is 3. The Bertz CT molecular complexity index is 734. The third-order valence-corrected chi connectivity index (χ3v) is 3.30. The minimum absolute atomic E-state index is 0.450. The zero-order chi connectivity index (χ0) is 14.1. The average Bonchev–Trinajstić information content (AvgIpc) is 2.78. The van der Waals surface area contributed by atoms with Gasteiger partial charge in [0.25, 0.3) is 0 Å². The molecular formula is C15H14ClN3O. The van der Waals surface area contributed by atoms with Gasteiger partial charge in [-0.05, 0) is 43.3 Å². The summed E-state index contributed by atoms with van der Waals surface area (Å²) < 4.78 is 1.93. The molecule has 0 radical (unpaired) electrons. The zero-order valence-electron chi connectivity index (χ0n) is 11.0. The van der Waals surface area contributed by atoms with Crippen LogP contribution < -0.4 is 0 Å². The summed E-state index contributed by atoms with van der Waals surface area (Å²) in [4.78, 5) is 8.97. The fourth-order valence-electron chi connectivity index (χ4n) is 2.21. The van der Waals surface area contributed by atoms with Gasteiger partial charge in [0.05, 0.1) is 12.6 Å². The first-order valence-electron chi connectivity index (χ1n) is 6.40.